The van der Waals surface area contributed by atoms with Gasteiger partial charge in [-0.15, -0.1) is 12.4 Å². The molecule has 0 bridgehead atoms. The average molecular weight is 340 g/mol. The summed E-state index contributed by atoms with van der Waals surface area (Å²) in [7, 11) is 1.76. The van der Waals surface area contributed by atoms with Gasteiger partial charge in [0, 0.05) is 19.0 Å². The number of halogens is 3. The zero-order chi connectivity index (χ0) is 13.8. The first kappa shape index (κ1) is 17.4. The molecule has 4 nitrogen and oxygen atoms in total. The summed E-state index contributed by atoms with van der Waals surface area (Å²) >= 11 is 11.8. The van der Waals surface area contributed by atoms with E-state index < -0.39 is 0 Å². The fourth-order valence-electron chi connectivity index (χ4n) is 2.06. The smallest absolute Gasteiger partial charge is 0.236 e. The fraction of sp³-hybridized carbons (Fsp3) is 0.462. The van der Waals surface area contributed by atoms with E-state index in [1.807, 2.05) is 0 Å². The summed E-state index contributed by atoms with van der Waals surface area (Å²) in [5.41, 5.74) is 0. The van der Waals surface area contributed by atoms with E-state index in [1.165, 1.54) is 0 Å². The van der Waals surface area contributed by atoms with Crippen molar-refractivity contribution in [3.05, 3.63) is 28.2 Å². The number of benzene rings is 1. The van der Waals surface area contributed by atoms with Crippen molar-refractivity contribution in [2.24, 2.45) is 0 Å². The van der Waals surface area contributed by atoms with Crippen LogP contribution >= 0.6 is 35.6 Å². The van der Waals surface area contributed by atoms with E-state index in [-0.39, 0.29) is 24.4 Å². The molecule has 0 spiro atoms. The van der Waals surface area contributed by atoms with E-state index in [2.05, 4.69) is 5.32 Å². The number of likely N-dealkylation sites (tertiary alicyclic amines) is 1. The Labute approximate surface area is 134 Å². The molecule has 1 aromatic rings. The summed E-state index contributed by atoms with van der Waals surface area (Å²) in [6.07, 6.45) is 0.841. The van der Waals surface area contributed by atoms with Gasteiger partial charge >= 0.3 is 0 Å². The first-order valence-electron chi connectivity index (χ1n) is 6.14. The summed E-state index contributed by atoms with van der Waals surface area (Å²) in [5, 5.41) is 3.84. The van der Waals surface area contributed by atoms with Crippen LogP contribution in [0.15, 0.2) is 18.2 Å². The predicted molar refractivity (Wildman–Crippen MR) is 83.2 cm³/mol. The lowest BCUT2D eigenvalue weighted by Gasteiger charge is -2.17. The largest absolute Gasteiger partial charge is 0.488 e. The Balaban J connectivity index is 0.00000200. The molecule has 1 unspecified atom stereocenters. The zero-order valence-corrected chi connectivity index (χ0v) is 13.4. The van der Waals surface area contributed by atoms with Gasteiger partial charge in [0.05, 0.1) is 23.1 Å². The van der Waals surface area contributed by atoms with Crippen LogP contribution in [0.5, 0.6) is 5.75 Å². The molecule has 0 aromatic heterocycles. The molecule has 0 saturated carbocycles. The average Bonchev–Trinajstić information content (AvgIpc) is 2.83. The Morgan fingerprint density at radius 1 is 1.45 bits per heavy atom. The molecule has 1 aromatic carbocycles. The number of ether oxygens (including phenoxy) is 1. The molecule has 1 amide bonds. The fourth-order valence-corrected chi connectivity index (χ4v) is 2.34. The number of hydrogen-bond donors (Lipinski definition) is 1. The Morgan fingerprint density at radius 3 is 2.85 bits per heavy atom. The summed E-state index contributed by atoms with van der Waals surface area (Å²) < 4.78 is 5.81. The van der Waals surface area contributed by atoms with Gasteiger partial charge in [0.2, 0.25) is 5.91 Å². The molecule has 0 radical (unpaired) electrons. The number of nitrogens with one attached hydrogen (secondary N) is 1. The molecule has 1 saturated heterocycles. The molecule has 0 aliphatic carbocycles. The van der Waals surface area contributed by atoms with Gasteiger partial charge in [0.25, 0.3) is 0 Å². The van der Waals surface area contributed by atoms with Crippen molar-refractivity contribution in [3.8, 4) is 5.75 Å². The molecule has 1 aliphatic rings. The number of amides is 1. The van der Waals surface area contributed by atoms with Crippen LogP contribution in [0.25, 0.3) is 0 Å². The normalized spacial score (nSPS) is 17.8. The van der Waals surface area contributed by atoms with Crippen molar-refractivity contribution < 1.29 is 9.53 Å². The third-order valence-corrected chi connectivity index (χ3v) is 3.76. The van der Waals surface area contributed by atoms with Crippen molar-refractivity contribution in [1.82, 2.24) is 10.2 Å². The van der Waals surface area contributed by atoms with Crippen LogP contribution < -0.4 is 10.1 Å². The number of carbonyl (C=O) groups is 1. The summed E-state index contributed by atoms with van der Waals surface area (Å²) in [4.78, 5) is 13.5. The number of likely N-dealkylation sites (N-methyl/N-ethyl adjacent to an activating group) is 1. The minimum absolute atomic E-state index is 0. The van der Waals surface area contributed by atoms with E-state index in [0.717, 1.165) is 13.0 Å². The molecule has 1 fully saturated rings. The van der Waals surface area contributed by atoms with Crippen LogP contribution in [0.2, 0.25) is 10.0 Å². The second kappa shape index (κ2) is 7.93. The zero-order valence-electron chi connectivity index (χ0n) is 11.1. The number of hydrogen-bond acceptors (Lipinski definition) is 3. The standard InChI is InChI=1S/C13H16Cl2N2O2.ClH/c1-16-7-13(18)17-5-4-10(8-17)19-9-2-3-11(14)12(15)6-9;/h2-3,6,10,16H,4-5,7-8H2,1H3;1H. The number of nitrogens with zero attached hydrogens (tertiary/aromatic N) is 1. The van der Waals surface area contributed by atoms with Crippen molar-refractivity contribution in [1.29, 1.82) is 0 Å². The SMILES string of the molecule is CNCC(=O)N1CCC(Oc2ccc(Cl)c(Cl)c2)C1.Cl. The van der Waals surface area contributed by atoms with Gasteiger partial charge in [-0.25, -0.2) is 0 Å². The second-order valence-electron chi connectivity index (χ2n) is 4.47. The quantitative estimate of drug-likeness (QED) is 0.917. The van der Waals surface area contributed by atoms with Crippen molar-refractivity contribution in [3.63, 3.8) is 0 Å². The van der Waals surface area contributed by atoms with Gasteiger partial charge in [0.15, 0.2) is 0 Å². The molecule has 112 valence electrons. The summed E-state index contributed by atoms with van der Waals surface area (Å²) in [6.45, 7) is 1.70. The maximum atomic E-state index is 11.7. The lowest BCUT2D eigenvalue weighted by molar-refractivity contribution is -0.129. The molecule has 1 aliphatic heterocycles. The molecule has 1 N–H and O–H groups in total. The Morgan fingerprint density at radius 2 is 2.20 bits per heavy atom. The lowest BCUT2D eigenvalue weighted by atomic mass is 10.3. The first-order chi connectivity index (χ1) is 9.10. The van der Waals surface area contributed by atoms with E-state index in [1.54, 1.807) is 30.1 Å². The van der Waals surface area contributed by atoms with Crippen LogP contribution in [0.3, 0.4) is 0 Å². The highest BCUT2D eigenvalue weighted by Crippen LogP contribution is 2.27. The molecular formula is C13H17Cl3N2O2. The van der Waals surface area contributed by atoms with Gasteiger partial charge in [-0.05, 0) is 19.2 Å². The summed E-state index contributed by atoms with van der Waals surface area (Å²) in [5.74, 6) is 0.782. The number of rotatable bonds is 4. The Hall–Kier alpha value is -0.680. The van der Waals surface area contributed by atoms with Gasteiger partial charge in [-0.2, -0.15) is 0 Å². The van der Waals surface area contributed by atoms with Crippen molar-refractivity contribution in [2.75, 3.05) is 26.7 Å². The highest BCUT2D eigenvalue weighted by Gasteiger charge is 2.27. The van der Waals surface area contributed by atoms with Crippen LogP contribution in [-0.2, 0) is 4.79 Å². The minimum Gasteiger partial charge on any atom is -0.488 e. The van der Waals surface area contributed by atoms with Gasteiger partial charge in [0.1, 0.15) is 11.9 Å². The van der Waals surface area contributed by atoms with E-state index in [9.17, 15) is 4.79 Å². The third kappa shape index (κ3) is 4.42. The number of carbonyl (C=O) groups excluding carboxylic acids is 1. The predicted octanol–water partition coefficient (Wildman–Crippen LogP) is 2.61. The highest BCUT2D eigenvalue weighted by atomic mass is 35.5. The maximum Gasteiger partial charge on any atom is 0.236 e. The maximum absolute atomic E-state index is 11.7. The van der Waals surface area contributed by atoms with Crippen LogP contribution in [0, 0.1) is 0 Å². The monoisotopic (exact) mass is 338 g/mol. The second-order valence-corrected chi connectivity index (χ2v) is 5.29. The summed E-state index contributed by atoms with van der Waals surface area (Å²) in [6, 6.07) is 5.19. The highest BCUT2D eigenvalue weighted by molar-refractivity contribution is 6.42. The molecule has 20 heavy (non-hydrogen) atoms. The first-order valence-corrected chi connectivity index (χ1v) is 6.90. The molecule has 1 heterocycles. The molecule has 1 atom stereocenters. The topological polar surface area (TPSA) is 41.6 Å². The van der Waals surface area contributed by atoms with Crippen LogP contribution in [0.1, 0.15) is 6.42 Å². The van der Waals surface area contributed by atoms with E-state index in [4.69, 9.17) is 27.9 Å². The molecule has 2 rings (SSSR count). The van der Waals surface area contributed by atoms with Gasteiger partial charge < -0.3 is 15.0 Å². The lowest BCUT2D eigenvalue weighted by Crippen LogP contribution is -2.36. The van der Waals surface area contributed by atoms with Crippen LogP contribution in [-0.4, -0.2) is 43.6 Å². The molecule has 7 heteroatoms. The minimum atomic E-state index is 0. The Bertz CT molecular complexity index is 471. The van der Waals surface area contributed by atoms with E-state index in [0.29, 0.717) is 28.9 Å². The van der Waals surface area contributed by atoms with Crippen LogP contribution in [0.4, 0.5) is 0 Å². The Kier molecular flexibility index (Phi) is 6.89. The third-order valence-electron chi connectivity index (χ3n) is 3.02. The molecular weight excluding hydrogens is 323 g/mol. The van der Waals surface area contributed by atoms with Gasteiger partial charge in [-0.1, -0.05) is 23.2 Å². The van der Waals surface area contributed by atoms with Crippen molar-refractivity contribution >= 4 is 41.5 Å². The van der Waals surface area contributed by atoms with Gasteiger partial charge in [-0.3, -0.25) is 4.79 Å². The van der Waals surface area contributed by atoms with Crippen molar-refractivity contribution in [2.45, 2.75) is 12.5 Å². The van der Waals surface area contributed by atoms with E-state index >= 15 is 0 Å².